The molecular formula is C17H28N2O. The molecule has 1 fully saturated rings. The number of nitrogens with zero attached hydrogens (tertiary/aromatic N) is 1. The normalized spacial score (nSPS) is 19.1. The van der Waals surface area contributed by atoms with Crippen LogP contribution in [0.2, 0.25) is 0 Å². The van der Waals surface area contributed by atoms with Crippen molar-refractivity contribution in [3.63, 3.8) is 0 Å². The van der Waals surface area contributed by atoms with E-state index in [-0.39, 0.29) is 0 Å². The zero-order valence-electron chi connectivity index (χ0n) is 12.8. The highest BCUT2D eigenvalue weighted by molar-refractivity contribution is 5.14. The van der Waals surface area contributed by atoms with E-state index in [1.165, 1.54) is 31.5 Å². The van der Waals surface area contributed by atoms with Gasteiger partial charge in [-0.15, -0.1) is 0 Å². The van der Waals surface area contributed by atoms with Crippen LogP contribution in [0, 0.1) is 0 Å². The van der Waals surface area contributed by atoms with Gasteiger partial charge in [-0.25, -0.2) is 0 Å². The van der Waals surface area contributed by atoms with E-state index in [1.807, 2.05) is 0 Å². The summed E-state index contributed by atoms with van der Waals surface area (Å²) < 4.78 is 5.14. The number of methoxy groups -OCH3 is 1. The lowest BCUT2D eigenvalue weighted by Crippen LogP contribution is -2.45. The van der Waals surface area contributed by atoms with Crippen molar-refractivity contribution in [2.45, 2.75) is 44.8 Å². The topological polar surface area (TPSA) is 24.5 Å². The summed E-state index contributed by atoms with van der Waals surface area (Å²) in [6.45, 7) is 6.59. The van der Waals surface area contributed by atoms with E-state index in [0.717, 1.165) is 19.6 Å². The molecule has 3 nitrogen and oxygen atoms in total. The van der Waals surface area contributed by atoms with Gasteiger partial charge in [-0.1, -0.05) is 30.3 Å². The van der Waals surface area contributed by atoms with Crippen LogP contribution in [-0.2, 0) is 11.3 Å². The molecule has 1 N–H and O–H groups in total. The third kappa shape index (κ3) is 5.23. The van der Waals surface area contributed by atoms with Gasteiger partial charge in [-0.05, 0) is 44.8 Å². The lowest BCUT2D eigenvalue weighted by atomic mass is 10.0. The van der Waals surface area contributed by atoms with Crippen LogP contribution < -0.4 is 5.32 Å². The van der Waals surface area contributed by atoms with Gasteiger partial charge >= 0.3 is 0 Å². The molecule has 112 valence electrons. The van der Waals surface area contributed by atoms with Crippen LogP contribution in [0.4, 0.5) is 0 Å². The van der Waals surface area contributed by atoms with Gasteiger partial charge in [0.15, 0.2) is 0 Å². The summed E-state index contributed by atoms with van der Waals surface area (Å²) in [7, 11) is 1.77. The Balaban J connectivity index is 1.67. The lowest BCUT2D eigenvalue weighted by molar-refractivity contribution is 0.164. The third-order valence-electron chi connectivity index (χ3n) is 4.11. The highest BCUT2D eigenvalue weighted by atomic mass is 16.5. The summed E-state index contributed by atoms with van der Waals surface area (Å²) in [6.07, 6.45) is 3.61. The maximum atomic E-state index is 5.14. The van der Waals surface area contributed by atoms with Gasteiger partial charge in [0.1, 0.15) is 0 Å². The van der Waals surface area contributed by atoms with E-state index >= 15 is 0 Å². The molecule has 0 aliphatic carbocycles. The van der Waals surface area contributed by atoms with E-state index in [4.69, 9.17) is 4.74 Å². The zero-order chi connectivity index (χ0) is 14.2. The maximum absolute atomic E-state index is 5.14. The standard InChI is InChI=1S/C17H28N2O/c1-15(10-13-20-2)18-17-8-11-19(12-9-17)14-16-6-4-3-5-7-16/h3-7,15,17-18H,8-14H2,1-2H3. The van der Waals surface area contributed by atoms with Gasteiger partial charge < -0.3 is 10.1 Å². The first-order chi connectivity index (χ1) is 9.78. The summed E-state index contributed by atoms with van der Waals surface area (Å²) in [4.78, 5) is 2.56. The molecule has 20 heavy (non-hydrogen) atoms. The maximum Gasteiger partial charge on any atom is 0.0476 e. The third-order valence-corrected chi connectivity index (χ3v) is 4.11. The molecule has 1 aromatic rings. The van der Waals surface area contributed by atoms with Crippen molar-refractivity contribution in [2.75, 3.05) is 26.8 Å². The molecular weight excluding hydrogens is 248 g/mol. The fourth-order valence-electron chi connectivity index (χ4n) is 2.88. The van der Waals surface area contributed by atoms with Crippen LogP contribution in [0.3, 0.4) is 0 Å². The first-order valence-corrected chi connectivity index (χ1v) is 7.79. The van der Waals surface area contributed by atoms with Crippen LogP contribution in [0.25, 0.3) is 0 Å². The smallest absolute Gasteiger partial charge is 0.0476 e. The Kier molecular flexibility index (Phi) is 6.51. The molecule has 1 heterocycles. The second-order valence-electron chi connectivity index (χ2n) is 5.89. The molecule has 1 aromatic carbocycles. The predicted molar refractivity (Wildman–Crippen MR) is 83.8 cm³/mol. The molecule has 0 aromatic heterocycles. The number of ether oxygens (including phenoxy) is 1. The molecule has 3 heteroatoms. The van der Waals surface area contributed by atoms with E-state index < -0.39 is 0 Å². The monoisotopic (exact) mass is 276 g/mol. The van der Waals surface area contributed by atoms with E-state index in [2.05, 4.69) is 47.5 Å². The molecule has 1 atom stereocenters. The van der Waals surface area contributed by atoms with Gasteiger partial charge in [0, 0.05) is 32.3 Å². The SMILES string of the molecule is COCCC(C)NC1CCN(Cc2ccccc2)CC1. The van der Waals surface area contributed by atoms with Crippen LogP contribution in [-0.4, -0.2) is 43.8 Å². The number of piperidine rings is 1. The minimum Gasteiger partial charge on any atom is -0.385 e. The minimum absolute atomic E-state index is 0.556. The quantitative estimate of drug-likeness (QED) is 0.828. The van der Waals surface area contributed by atoms with Gasteiger partial charge in [0.05, 0.1) is 0 Å². The number of hydrogen-bond acceptors (Lipinski definition) is 3. The van der Waals surface area contributed by atoms with Crippen molar-refractivity contribution in [3.8, 4) is 0 Å². The number of rotatable bonds is 7. The average Bonchev–Trinajstić information content (AvgIpc) is 2.48. The summed E-state index contributed by atoms with van der Waals surface area (Å²) in [5.41, 5.74) is 1.42. The lowest BCUT2D eigenvalue weighted by Gasteiger charge is -2.34. The highest BCUT2D eigenvalue weighted by Crippen LogP contribution is 2.14. The summed E-state index contributed by atoms with van der Waals surface area (Å²) >= 11 is 0. The van der Waals surface area contributed by atoms with E-state index in [0.29, 0.717) is 12.1 Å². The summed E-state index contributed by atoms with van der Waals surface area (Å²) in [5.74, 6) is 0. The fourth-order valence-corrected chi connectivity index (χ4v) is 2.88. The molecule has 0 bridgehead atoms. The van der Waals surface area contributed by atoms with Crippen molar-refractivity contribution < 1.29 is 4.74 Å². The number of nitrogens with one attached hydrogen (secondary N) is 1. The van der Waals surface area contributed by atoms with Gasteiger partial charge in [0.2, 0.25) is 0 Å². The fraction of sp³-hybridized carbons (Fsp3) is 0.647. The van der Waals surface area contributed by atoms with Gasteiger partial charge in [0.25, 0.3) is 0 Å². The second kappa shape index (κ2) is 8.40. The Bertz CT molecular complexity index is 361. The highest BCUT2D eigenvalue weighted by Gasteiger charge is 2.20. The number of benzene rings is 1. The molecule has 1 saturated heterocycles. The molecule has 0 radical (unpaired) electrons. The minimum atomic E-state index is 0.556. The Morgan fingerprint density at radius 2 is 1.95 bits per heavy atom. The first-order valence-electron chi connectivity index (χ1n) is 7.79. The van der Waals surface area contributed by atoms with Crippen molar-refractivity contribution in [2.24, 2.45) is 0 Å². The average molecular weight is 276 g/mol. The number of hydrogen-bond donors (Lipinski definition) is 1. The summed E-state index contributed by atoms with van der Waals surface area (Å²) in [6, 6.07) is 12.0. The Hall–Kier alpha value is -0.900. The van der Waals surface area contributed by atoms with Crippen molar-refractivity contribution in [3.05, 3.63) is 35.9 Å². The van der Waals surface area contributed by atoms with E-state index in [9.17, 15) is 0 Å². The summed E-state index contributed by atoms with van der Waals surface area (Å²) in [5, 5.41) is 3.73. The molecule has 1 aliphatic heterocycles. The van der Waals surface area contributed by atoms with Gasteiger partial charge in [-0.3, -0.25) is 4.90 Å². The van der Waals surface area contributed by atoms with Crippen LogP contribution >= 0.6 is 0 Å². The Labute approximate surface area is 123 Å². The van der Waals surface area contributed by atoms with Crippen LogP contribution in [0.15, 0.2) is 30.3 Å². The Morgan fingerprint density at radius 1 is 1.25 bits per heavy atom. The van der Waals surface area contributed by atoms with Crippen LogP contribution in [0.1, 0.15) is 31.7 Å². The predicted octanol–water partition coefficient (Wildman–Crippen LogP) is 2.67. The molecule has 2 rings (SSSR count). The molecule has 0 amide bonds. The second-order valence-corrected chi connectivity index (χ2v) is 5.89. The number of likely N-dealkylation sites (tertiary alicyclic amines) is 1. The molecule has 0 saturated carbocycles. The molecule has 1 unspecified atom stereocenters. The van der Waals surface area contributed by atoms with Crippen LogP contribution in [0.5, 0.6) is 0 Å². The van der Waals surface area contributed by atoms with Crippen molar-refractivity contribution in [1.82, 2.24) is 10.2 Å². The molecule has 0 spiro atoms. The van der Waals surface area contributed by atoms with Gasteiger partial charge in [-0.2, -0.15) is 0 Å². The largest absolute Gasteiger partial charge is 0.385 e. The van der Waals surface area contributed by atoms with Crippen molar-refractivity contribution in [1.29, 1.82) is 0 Å². The first kappa shape index (κ1) is 15.5. The molecule has 1 aliphatic rings. The zero-order valence-corrected chi connectivity index (χ0v) is 12.8. The van der Waals surface area contributed by atoms with E-state index in [1.54, 1.807) is 7.11 Å². The Morgan fingerprint density at radius 3 is 2.60 bits per heavy atom. The van der Waals surface area contributed by atoms with Crippen molar-refractivity contribution >= 4 is 0 Å².